The summed E-state index contributed by atoms with van der Waals surface area (Å²) in [6.45, 7) is 10.2. The zero-order chi connectivity index (χ0) is 27.4. The zero-order valence-corrected chi connectivity index (χ0v) is 23.7. The molecule has 1 atom stereocenters. The van der Waals surface area contributed by atoms with Gasteiger partial charge in [-0.2, -0.15) is 9.97 Å². The van der Waals surface area contributed by atoms with Gasteiger partial charge in [0, 0.05) is 60.8 Å². The van der Waals surface area contributed by atoms with Crippen LogP contribution >= 0.6 is 11.6 Å². The first-order valence-corrected chi connectivity index (χ1v) is 14.6. The lowest BCUT2D eigenvalue weighted by molar-refractivity contribution is -0.139. The summed E-state index contributed by atoms with van der Waals surface area (Å²) in [5, 5.41) is 2.99. The average molecular weight is 559 g/mol. The highest BCUT2D eigenvalue weighted by Crippen LogP contribution is 2.44. The van der Waals surface area contributed by atoms with Crippen LogP contribution in [0.5, 0.6) is 6.01 Å². The van der Waals surface area contributed by atoms with Crippen molar-refractivity contribution in [2.45, 2.75) is 31.8 Å². The van der Waals surface area contributed by atoms with E-state index in [-0.39, 0.29) is 11.3 Å². The van der Waals surface area contributed by atoms with Crippen LogP contribution in [0, 0.1) is 5.41 Å². The van der Waals surface area contributed by atoms with Crippen molar-refractivity contribution in [2.75, 3.05) is 62.7 Å². The molecular weight excluding hydrogens is 524 g/mol. The number of rotatable bonds is 6. The summed E-state index contributed by atoms with van der Waals surface area (Å²) in [6.07, 6.45) is 4.59. The Morgan fingerprint density at radius 2 is 1.93 bits per heavy atom. The first-order valence-electron chi connectivity index (χ1n) is 14.2. The molecule has 1 spiro atoms. The van der Waals surface area contributed by atoms with E-state index in [1.807, 2.05) is 17.0 Å². The minimum Gasteiger partial charge on any atom is -0.462 e. The monoisotopic (exact) mass is 558 g/mol. The molecule has 2 aromatic carbocycles. The van der Waals surface area contributed by atoms with Crippen molar-refractivity contribution < 1.29 is 9.53 Å². The van der Waals surface area contributed by atoms with E-state index in [1.54, 1.807) is 0 Å². The van der Waals surface area contributed by atoms with Crippen molar-refractivity contribution in [3.8, 4) is 6.01 Å². The predicted octanol–water partition coefficient (Wildman–Crippen LogP) is 4.15. The van der Waals surface area contributed by atoms with Gasteiger partial charge in [-0.1, -0.05) is 42.4 Å². The number of halogens is 1. The van der Waals surface area contributed by atoms with Crippen molar-refractivity contribution in [1.29, 1.82) is 0 Å². The summed E-state index contributed by atoms with van der Waals surface area (Å²) in [5.41, 5.74) is 3.52. The van der Waals surface area contributed by atoms with E-state index < -0.39 is 0 Å². The van der Waals surface area contributed by atoms with Gasteiger partial charge >= 0.3 is 6.01 Å². The number of ether oxygens (including phenoxy) is 1. The van der Waals surface area contributed by atoms with Gasteiger partial charge in [-0.25, -0.2) is 0 Å². The van der Waals surface area contributed by atoms with Crippen molar-refractivity contribution in [2.24, 2.45) is 5.41 Å². The van der Waals surface area contributed by atoms with Gasteiger partial charge in [-0.15, -0.1) is 0 Å². The number of anilines is 2. The third-order valence-corrected chi connectivity index (χ3v) is 9.48. The van der Waals surface area contributed by atoms with Crippen LogP contribution < -0.4 is 14.5 Å². The molecule has 0 bridgehead atoms. The molecule has 0 N–H and O–H groups in total. The minimum atomic E-state index is 0.0182. The molecule has 40 heavy (non-hydrogen) atoms. The van der Waals surface area contributed by atoms with Crippen molar-refractivity contribution in [1.82, 2.24) is 19.8 Å². The highest BCUT2D eigenvalue weighted by atomic mass is 35.5. The van der Waals surface area contributed by atoms with Crippen LogP contribution in [0.25, 0.3) is 10.8 Å². The second-order valence-electron chi connectivity index (χ2n) is 11.9. The van der Waals surface area contributed by atoms with E-state index >= 15 is 0 Å². The minimum absolute atomic E-state index is 0.0182. The second-order valence-corrected chi connectivity index (χ2v) is 12.3. The number of likely N-dealkylation sites (tertiary alicyclic amines) is 2. The number of benzene rings is 2. The van der Waals surface area contributed by atoms with Gasteiger partial charge < -0.3 is 24.3 Å². The van der Waals surface area contributed by atoms with E-state index in [0.717, 1.165) is 85.1 Å². The topological polar surface area (TPSA) is 65.0 Å². The van der Waals surface area contributed by atoms with Crippen LogP contribution in [0.1, 0.15) is 24.1 Å². The van der Waals surface area contributed by atoms with Crippen LogP contribution in [0.4, 0.5) is 11.5 Å². The molecule has 0 saturated carbocycles. The Balaban J connectivity index is 1.17. The maximum Gasteiger partial charge on any atom is 0.318 e. The molecule has 4 aliphatic rings. The number of fused-ring (bicyclic) bond motifs is 2. The highest BCUT2D eigenvalue weighted by molar-refractivity contribution is 6.36. The first-order chi connectivity index (χ1) is 19.4. The number of amides is 1. The molecule has 3 fully saturated rings. The molecule has 8 nitrogen and oxygen atoms in total. The Kier molecular flexibility index (Phi) is 6.35. The maximum atomic E-state index is 12.0. The SMILES string of the molecule is C=CC(=O)N1CC2(C1)CN(c1nc(OC[C@@H]3CCCN3C)nc3c1CCN(c1cccc4cccc(Cl)c14)C3)C2. The summed E-state index contributed by atoms with van der Waals surface area (Å²) in [5.74, 6) is 1.01. The Bertz CT molecular complexity index is 1470. The molecule has 208 valence electrons. The molecule has 0 unspecified atom stereocenters. The standard InChI is InChI=1S/C31H35ClN6O2/c1-3-27(39)37-17-31(18-37)19-38(20-31)29-23-12-14-36(26-11-5-8-21-7-4-10-24(32)28(21)26)15-25(23)33-30(34-29)40-16-22-9-6-13-35(22)2/h3-5,7-8,10-11,22H,1,6,9,12-20H2,2H3/t22-/m0/s1. The molecule has 1 aromatic heterocycles. The van der Waals surface area contributed by atoms with Gasteiger partial charge in [0.15, 0.2) is 0 Å². The summed E-state index contributed by atoms with van der Waals surface area (Å²) in [6, 6.07) is 13.3. The van der Waals surface area contributed by atoms with Crippen LogP contribution in [-0.2, 0) is 17.8 Å². The van der Waals surface area contributed by atoms with Gasteiger partial charge in [-0.3, -0.25) is 4.79 Å². The van der Waals surface area contributed by atoms with Gasteiger partial charge in [-0.05, 0) is 56.4 Å². The third-order valence-electron chi connectivity index (χ3n) is 9.16. The van der Waals surface area contributed by atoms with Gasteiger partial charge in [0.25, 0.3) is 0 Å². The Hall–Kier alpha value is -3.36. The Labute approximate surface area is 240 Å². The van der Waals surface area contributed by atoms with Crippen LogP contribution in [0.2, 0.25) is 5.02 Å². The lowest BCUT2D eigenvalue weighted by Gasteiger charge is -2.60. The third kappa shape index (κ3) is 4.38. The molecular formula is C31H35ClN6O2. The fourth-order valence-corrected chi connectivity index (χ4v) is 7.26. The number of hydrogen-bond donors (Lipinski definition) is 0. The van der Waals surface area contributed by atoms with Gasteiger partial charge in [0.1, 0.15) is 12.4 Å². The fraction of sp³-hybridized carbons (Fsp3) is 0.452. The largest absolute Gasteiger partial charge is 0.462 e. The summed E-state index contributed by atoms with van der Waals surface area (Å²) in [4.78, 5) is 30.9. The predicted molar refractivity (Wildman–Crippen MR) is 158 cm³/mol. The van der Waals surface area contributed by atoms with Crippen LogP contribution in [0.15, 0.2) is 49.1 Å². The first kappa shape index (κ1) is 25.6. The molecule has 4 aliphatic heterocycles. The summed E-state index contributed by atoms with van der Waals surface area (Å²) in [7, 11) is 2.16. The smallest absolute Gasteiger partial charge is 0.318 e. The van der Waals surface area contributed by atoms with Crippen molar-refractivity contribution >= 4 is 39.8 Å². The van der Waals surface area contributed by atoms with Gasteiger partial charge in [0.2, 0.25) is 5.91 Å². The molecule has 0 radical (unpaired) electrons. The van der Waals surface area contributed by atoms with Crippen LogP contribution in [0.3, 0.4) is 0 Å². The van der Waals surface area contributed by atoms with E-state index in [4.69, 9.17) is 26.3 Å². The molecule has 3 aromatic rings. The quantitative estimate of drug-likeness (QED) is 0.421. The number of aromatic nitrogens is 2. The second kappa shape index (κ2) is 9.93. The van der Waals surface area contributed by atoms with E-state index in [0.29, 0.717) is 25.2 Å². The fourth-order valence-electron chi connectivity index (χ4n) is 6.98. The van der Waals surface area contributed by atoms with Crippen molar-refractivity contribution in [3.05, 3.63) is 65.3 Å². The number of likely N-dealkylation sites (N-methyl/N-ethyl adjacent to an activating group) is 1. The summed E-state index contributed by atoms with van der Waals surface area (Å²) < 4.78 is 6.28. The lowest BCUT2D eigenvalue weighted by atomic mass is 9.72. The Morgan fingerprint density at radius 1 is 1.12 bits per heavy atom. The lowest BCUT2D eigenvalue weighted by Crippen LogP contribution is -2.73. The highest BCUT2D eigenvalue weighted by Gasteiger charge is 2.53. The van der Waals surface area contributed by atoms with Crippen LogP contribution in [-0.4, -0.2) is 84.6 Å². The number of hydrogen-bond acceptors (Lipinski definition) is 7. The van der Waals surface area contributed by atoms with E-state index in [2.05, 4.69) is 52.6 Å². The zero-order valence-electron chi connectivity index (χ0n) is 23.0. The normalized spacial score (nSPS) is 21.8. The molecule has 1 amide bonds. The number of nitrogens with zero attached hydrogens (tertiary/aromatic N) is 6. The molecule has 3 saturated heterocycles. The average Bonchev–Trinajstić information content (AvgIpc) is 3.34. The number of carbonyl (C=O) groups is 1. The van der Waals surface area contributed by atoms with Crippen molar-refractivity contribution in [3.63, 3.8) is 0 Å². The van der Waals surface area contributed by atoms with E-state index in [9.17, 15) is 4.79 Å². The van der Waals surface area contributed by atoms with Gasteiger partial charge in [0.05, 0.1) is 17.3 Å². The molecule has 9 heteroatoms. The molecule has 7 rings (SSSR count). The number of carbonyl (C=O) groups excluding carboxylic acids is 1. The Morgan fingerprint density at radius 3 is 2.67 bits per heavy atom. The molecule has 5 heterocycles. The summed E-state index contributed by atoms with van der Waals surface area (Å²) >= 11 is 6.69. The molecule has 0 aliphatic carbocycles. The van der Waals surface area contributed by atoms with E-state index in [1.165, 1.54) is 18.1 Å². The maximum absolute atomic E-state index is 12.0.